The maximum absolute atomic E-state index is 13.4. The van der Waals surface area contributed by atoms with E-state index in [1.165, 1.54) is 13.8 Å². The summed E-state index contributed by atoms with van der Waals surface area (Å²) < 4.78 is 11.1. The summed E-state index contributed by atoms with van der Waals surface area (Å²) in [6, 6.07) is 0. The van der Waals surface area contributed by atoms with E-state index in [1.807, 2.05) is 6.92 Å². The molecule has 0 amide bonds. The highest BCUT2D eigenvalue weighted by Gasteiger charge is 2.63. The lowest BCUT2D eigenvalue weighted by Gasteiger charge is -2.60. The first-order valence-electron chi connectivity index (χ1n) is 11.9. The summed E-state index contributed by atoms with van der Waals surface area (Å²) in [5, 5.41) is 0. The number of esters is 2. The van der Waals surface area contributed by atoms with Crippen LogP contribution in [0, 0.1) is 40.4 Å². The third kappa shape index (κ3) is 3.40. The van der Waals surface area contributed by atoms with Gasteiger partial charge in [-0.25, -0.2) is 0 Å². The molecule has 4 rings (SSSR count). The van der Waals surface area contributed by atoms with Gasteiger partial charge in [0.15, 0.2) is 0 Å². The summed E-state index contributed by atoms with van der Waals surface area (Å²) in [6.45, 7) is 9.73. The minimum atomic E-state index is -0.239. The SMILES string of the molecule is CC(=O)O[C@H]1CC[C@@]2(C)C(C1)C(=O)C[C@H]1[C@@H]3CC[C@H]([C@H](C)OC(C)=O)[C@@]3(C)CC[C@@H]12. The van der Waals surface area contributed by atoms with Gasteiger partial charge in [-0.3, -0.25) is 14.4 Å². The number of Topliss-reactive ketones (excluding diaryl/α,β-unsaturated/α-hetero) is 1. The van der Waals surface area contributed by atoms with Gasteiger partial charge in [0.2, 0.25) is 0 Å². The maximum Gasteiger partial charge on any atom is 0.302 e. The summed E-state index contributed by atoms with van der Waals surface area (Å²) in [6.07, 6.45) is 7.58. The van der Waals surface area contributed by atoms with Crippen molar-refractivity contribution < 1.29 is 23.9 Å². The molecule has 1 unspecified atom stereocenters. The number of fused-ring (bicyclic) bond motifs is 5. The Balaban J connectivity index is 1.55. The van der Waals surface area contributed by atoms with Gasteiger partial charge in [-0.1, -0.05) is 13.8 Å². The average Bonchev–Trinajstić information content (AvgIpc) is 2.99. The van der Waals surface area contributed by atoms with Crippen LogP contribution in [0.4, 0.5) is 0 Å². The van der Waals surface area contributed by atoms with Crippen LogP contribution in [-0.2, 0) is 23.9 Å². The molecule has 30 heavy (non-hydrogen) atoms. The van der Waals surface area contributed by atoms with Gasteiger partial charge in [0.05, 0.1) is 0 Å². The number of carbonyl (C=O) groups is 3. The second kappa shape index (κ2) is 7.63. The summed E-state index contributed by atoms with van der Waals surface area (Å²) >= 11 is 0. The molecule has 5 nitrogen and oxygen atoms in total. The fourth-order valence-corrected chi connectivity index (χ4v) is 8.50. The largest absolute Gasteiger partial charge is 0.463 e. The highest BCUT2D eigenvalue weighted by atomic mass is 16.5. The third-order valence-corrected chi connectivity index (χ3v) is 9.73. The molecular formula is C25H38O5. The van der Waals surface area contributed by atoms with Crippen molar-refractivity contribution in [1.82, 2.24) is 0 Å². The van der Waals surface area contributed by atoms with E-state index in [0.29, 0.717) is 42.3 Å². The topological polar surface area (TPSA) is 69.7 Å². The normalized spacial score (nSPS) is 46.2. The lowest BCUT2D eigenvalue weighted by molar-refractivity contribution is -0.171. The third-order valence-electron chi connectivity index (χ3n) is 9.73. The monoisotopic (exact) mass is 418 g/mol. The predicted octanol–water partition coefficient (Wildman–Crippen LogP) is 4.71. The van der Waals surface area contributed by atoms with Crippen LogP contribution < -0.4 is 0 Å². The number of rotatable bonds is 3. The standard InChI is InChI=1S/C25H38O5/c1-14(29-15(2)26)19-6-7-20-18-13-23(28)22-12-17(30-16(3)27)8-10-25(22,5)21(18)9-11-24(19,20)4/h14,17-22H,6-13H2,1-5H3/t14-,17-,18-,19+,20-,21-,22?,24+,25+/m0/s1. The second-order valence-electron chi connectivity index (χ2n) is 11.2. The molecule has 4 aliphatic rings. The van der Waals surface area contributed by atoms with E-state index >= 15 is 0 Å². The van der Waals surface area contributed by atoms with Crippen molar-refractivity contribution in [3.8, 4) is 0 Å². The number of hydrogen-bond donors (Lipinski definition) is 0. The molecule has 0 heterocycles. The van der Waals surface area contributed by atoms with Gasteiger partial charge >= 0.3 is 11.9 Å². The van der Waals surface area contributed by atoms with Crippen LogP contribution in [0.2, 0.25) is 0 Å². The summed E-state index contributed by atoms with van der Waals surface area (Å²) in [5.74, 6) is 1.90. The van der Waals surface area contributed by atoms with Crippen molar-refractivity contribution in [2.45, 2.75) is 98.2 Å². The van der Waals surface area contributed by atoms with Gasteiger partial charge in [0.1, 0.15) is 18.0 Å². The predicted molar refractivity (Wildman–Crippen MR) is 112 cm³/mol. The Morgan fingerprint density at radius 2 is 1.63 bits per heavy atom. The molecule has 0 radical (unpaired) electrons. The molecule has 0 aromatic rings. The highest BCUT2D eigenvalue weighted by molar-refractivity contribution is 5.83. The highest BCUT2D eigenvalue weighted by Crippen LogP contribution is 2.67. The molecule has 9 atom stereocenters. The van der Waals surface area contributed by atoms with Crippen LogP contribution in [0.1, 0.15) is 86.0 Å². The molecule has 4 fully saturated rings. The van der Waals surface area contributed by atoms with Crippen LogP contribution in [0.3, 0.4) is 0 Å². The van der Waals surface area contributed by atoms with Crippen molar-refractivity contribution in [3.63, 3.8) is 0 Å². The van der Waals surface area contributed by atoms with Crippen molar-refractivity contribution in [2.24, 2.45) is 40.4 Å². The van der Waals surface area contributed by atoms with Gasteiger partial charge in [-0.15, -0.1) is 0 Å². The Labute approximate surface area is 180 Å². The Morgan fingerprint density at radius 1 is 0.967 bits per heavy atom. The molecule has 0 aromatic heterocycles. The van der Waals surface area contributed by atoms with E-state index in [-0.39, 0.29) is 40.9 Å². The van der Waals surface area contributed by atoms with Crippen LogP contribution in [-0.4, -0.2) is 29.9 Å². The molecule has 0 bridgehead atoms. The summed E-state index contributed by atoms with van der Waals surface area (Å²) in [4.78, 5) is 36.3. The molecular weight excluding hydrogens is 380 g/mol. The van der Waals surface area contributed by atoms with Gasteiger partial charge in [0, 0.05) is 32.1 Å². The average molecular weight is 419 g/mol. The fourth-order valence-electron chi connectivity index (χ4n) is 8.50. The molecule has 168 valence electrons. The van der Waals surface area contributed by atoms with Gasteiger partial charge in [-0.05, 0) is 80.5 Å². The first-order valence-corrected chi connectivity index (χ1v) is 11.9. The Morgan fingerprint density at radius 3 is 2.30 bits per heavy atom. The molecule has 0 aromatic carbocycles. The lowest BCUT2D eigenvalue weighted by atomic mass is 9.44. The first kappa shape index (κ1) is 21.8. The fraction of sp³-hybridized carbons (Fsp3) is 0.880. The minimum absolute atomic E-state index is 0.0254. The Bertz CT molecular complexity index is 731. The lowest BCUT2D eigenvalue weighted by Crippen LogP contribution is -2.57. The van der Waals surface area contributed by atoms with Gasteiger partial charge in [0.25, 0.3) is 0 Å². The van der Waals surface area contributed by atoms with Gasteiger partial charge < -0.3 is 9.47 Å². The Hall–Kier alpha value is -1.39. The quantitative estimate of drug-likeness (QED) is 0.621. The smallest absolute Gasteiger partial charge is 0.302 e. The zero-order valence-electron chi connectivity index (χ0n) is 19.2. The van der Waals surface area contributed by atoms with E-state index in [2.05, 4.69) is 13.8 Å². The van der Waals surface area contributed by atoms with Gasteiger partial charge in [-0.2, -0.15) is 0 Å². The number of ketones is 1. The van der Waals surface area contributed by atoms with E-state index in [4.69, 9.17) is 9.47 Å². The van der Waals surface area contributed by atoms with E-state index in [9.17, 15) is 14.4 Å². The molecule has 0 saturated heterocycles. The maximum atomic E-state index is 13.4. The Kier molecular flexibility index (Phi) is 5.55. The van der Waals surface area contributed by atoms with Crippen molar-refractivity contribution in [1.29, 1.82) is 0 Å². The zero-order chi connectivity index (χ0) is 21.8. The molecule has 0 N–H and O–H groups in total. The second-order valence-corrected chi connectivity index (χ2v) is 11.2. The van der Waals surface area contributed by atoms with Crippen LogP contribution >= 0.6 is 0 Å². The number of hydrogen-bond acceptors (Lipinski definition) is 5. The molecule has 5 heteroatoms. The van der Waals surface area contributed by atoms with Crippen LogP contribution in [0.15, 0.2) is 0 Å². The van der Waals surface area contributed by atoms with E-state index in [0.717, 1.165) is 38.5 Å². The number of carbonyl (C=O) groups excluding carboxylic acids is 3. The number of ether oxygens (including phenoxy) is 2. The van der Waals surface area contributed by atoms with Crippen molar-refractivity contribution >= 4 is 17.7 Å². The molecule has 0 aliphatic heterocycles. The van der Waals surface area contributed by atoms with E-state index in [1.54, 1.807) is 0 Å². The molecule has 4 aliphatic carbocycles. The zero-order valence-corrected chi connectivity index (χ0v) is 19.2. The first-order chi connectivity index (χ1) is 14.1. The minimum Gasteiger partial charge on any atom is -0.463 e. The van der Waals surface area contributed by atoms with Crippen molar-refractivity contribution in [2.75, 3.05) is 0 Å². The van der Waals surface area contributed by atoms with Crippen LogP contribution in [0.25, 0.3) is 0 Å². The van der Waals surface area contributed by atoms with E-state index < -0.39 is 0 Å². The molecule has 4 saturated carbocycles. The van der Waals surface area contributed by atoms with Crippen LogP contribution in [0.5, 0.6) is 0 Å². The summed E-state index contributed by atoms with van der Waals surface area (Å²) in [5.41, 5.74) is 0.173. The molecule has 0 spiro atoms. The van der Waals surface area contributed by atoms with Crippen molar-refractivity contribution in [3.05, 3.63) is 0 Å². The summed E-state index contributed by atoms with van der Waals surface area (Å²) in [7, 11) is 0.